The first-order valence-corrected chi connectivity index (χ1v) is 7.59. The minimum atomic E-state index is -3.72. The summed E-state index contributed by atoms with van der Waals surface area (Å²) in [6.45, 7) is 2.16. The summed E-state index contributed by atoms with van der Waals surface area (Å²) in [7, 11) is -3.72. The van der Waals surface area contributed by atoms with Crippen LogP contribution in [0.4, 0.5) is 0 Å². The molecule has 3 rings (SSSR count). The number of rotatable bonds is 2. The molecule has 1 aromatic heterocycles. The second kappa shape index (κ2) is 4.72. The zero-order valence-corrected chi connectivity index (χ0v) is 11.6. The van der Waals surface area contributed by atoms with Gasteiger partial charge < -0.3 is 4.74 Å². The molecule has 0 amide bonds. The first kappa shape index (κ1) is 12.8. The van der Waals surface area contributed by atoms with Crippen LogP contribution in [-0.4, -0.2) is 25.9 Å². The maximum absolute atomic E-state index is 12.2. The first-order chi connectivity index (χ1) is 9.63. The van der Waals surface area contributed by atoms with Crippen LogP contribution in [0.1, 0.15) is 12.5 Å². The Kier molecular flexibility index (Phi) is 3.02. The summed E-state index contributed by atoms with van der Waals surface area (Å²) >= 11 is 0. The van der Waals surface area contributed by atoms with Crippen LogP contribution in [0.25, 0.3) is 11.1 Å². The van der Waals surface area contributed by atoms with Crippen molar-refractivity contribution in [3.63, 3.8) is 0 Å². The van der Waals surface area contributed by atoms with Gasteiger partial charge in [0.25, 0.3) is 10.0 Å². The van der Waals surface area contributed by atoms with Crippen LogP contribution in [0, 0.1) is 0 Å². The van der Waals surface area contributed by atoms with Crippen LogP contribution in [-0.2, 0) is 14.8 Å². The molecule has 0 bridgehead atoms. The number of fused-ring (bicyclic) bond motifs is 1. The minimum absolute atomic E-state index is 0.160. The fourth-order valence-electron chi connectivity index (χ4n) is 2.18. The SMILES string of the molecule is CCOC1=NS(=O)(=O)c2c1cccc2-c1cccnc1. The monoisotopic (exact) mass is 288 g/mol. The molecule has 2 heterocycles. The Morgan fingerprint density at radius 2 is 1.95 bits per heavy atom. The maximum Gasteiger partial charge on any atom is 0.287 e. The molecule has 5 nitrogen and oxygen atoms in total. The highest BCUT2D eigenvalue weighted by Crippen LogP contribution is 2.35. The number of pyridine rings is 1. The second-order valence-corrected chi connectivity index (χ2v) is 5.77. The lowest BCUT2D eigenvalue weighted by molar-refractivity contribution is 0.330. The van der Waals surface area contributed by atoms with Gasteiger partial charge in [0.05, 0.1) is 12.2 Å². The Morgan fingerprint density at radius 3 is 2.65 bits per heavy atom. The van der Waals surface area contributed by atoms with Gasteiger partial charge >= 0.3 is 0 Å². The smallest absolute Gasteiger partial charge is 0.287 e. The Labute approximate surface area is 117 Å². The molecule has 0 N–H and O–H groups in total. The molecule has 0 aliphatic carbocycles. The summed E-state index contributed by atoms with van der Waals surface area (Å²) < 4.78 is 33.5. The van der Waals surface area contributed by atoms with E-state index in [-0.39, 0.29) is 10.8 Å². The highest BCUT2D eigenvalue weighted by molar-refractivity contribution is 7.91. The van der Waals surface area contributed by atoms with E-state index < -0.39 is 10.0 Å². The molecule has 6 heteroatoms. The van der Waals surface area contributed by atoms with Gasteiger partial charge in [0.15, 0.2) is 0 Å². The van der Waals surface area contributed by atoms with E-state index in [9.17, 15) is 8.42 Å². The highest BCUT2D eigenvalue weighted by Gasteiger charge is 2.33. The predicted molar refractivity (Wildman–Crippen MR) is 75.0 cm³/mol. The van der Waals surface area contributed by atoms with Gasteiger partial charge in [-0.25, -0.2) is 0 Å². The zero-order valence-electron chi connectivity index (χ0n) is 10.8. The van der Waals surface area contributed by atoms with Crippen molar-refractivity contribution in [2.24, 2.45) is 4.40 Å². The molecular formula is C14H12N2O3S. The standard InChI is InChI=1S/C14H12N2O3S/c1-2-19-14-12-7-3-6-11(10-5-4-8-15-9-10)13(12)20(17,18)16-14/h3-9H,2H2,1H3. The van der Waals surface area contributed by atoms with Crippen molar-refractivity contribution >= 4 is 15.9 Å². The average Bonchev–Trinajstić information content (AvgIpc) is 2.72. The van der Waals surface area contributed by atoms with E-state index in [1.165, 1.54) is 0 Å². The number of sulfonamides is 1. The lowest BCUT2D eigenvalue weighted by Crippen LogP contribution is -2.04. The Hall–Kier alpha value is -2.21. The van der Waals surface area contributed by atoms with Gasteiger partial charge in [-0.05, 0) is 19.1 Å². The van der Waals surface area contributed by atoms with Gasteiger partial charge in [0.1, 0.15) is 4.90 Å². The minimum Gasteiger partial charge on any atom is -0.477 e. The third-order valence-corrected chi connectivity index (χ3v) is 4.32. The van der Waals surface area contributed by atoms with E-state index in [4.69, 9.17) is 4.74 Å². The average molecular weight is 288 g/mol. The highest BCUT2D eigenvalue weighted by atomic mass is 32.2. The van der Waals surface area contributed by atoms with E-state index in [1.807, 2.05) is 6.07 Å². The van der Waals surface area contributed by atoms with Crippen LogP contribution in [0.5, 0.6) is 0 Å². The van der Waals surface area contributed by atoms with Crippen molar-refractivity contribution in [1.29, 1.82) is 0 Å². The Balaban J connectivity index is 2.25. The quantitative estimate of drug-likeness (QED) is 0.849. The number of hydrogen-bond donors (Lipinski definition) is 0. The summed E-state index contributed by atoms with van der Waals surface area (Å²) in [5.74, 6) is 0.160. The summed E-state index contributed by atoms with van der Waals surface area (Å²) in [4.78, 5) is 4.22. The summed E-state index contributed by atoms with van der Waals surface area (Å²) in [5.41, 5.74) is 1.84. The normalized spacial score (nSPS) is 15.6. The summed E-state index contributed by atoms with van der Waals surface area (Å²) in [6, 6.07) is 8.82. The lowest BCUT2D eigenvalue weighted by atomic mass is 10.0. The molecule has 0 unspecified atom stereocenters. The molecule has 0 fully saturated rings. The number of hydrogen-bond acceptors (Lipinski definition) is 4. The van der Waals surface area contributed by atoms with Gasteiger partial charge in [-0.15, -0.1) is 4.40 Å². The predicted octanol–water partition coefficient (Wildman–Crippen LogP) is 2.23. The maximum atomic E-state index is 12.2. The van der Waals surface area contributed by atoms with Gasteiger partial charge in [-0.1, -0.05) is 18.2 Å². The molecule has 20 heavy (non-hydrogen) atoms. The van der Waals surface area contributed by atoms with E-state index >= 15 is 0 Å². The fraction of sp³-hybridized carbons (Fsp3) is 0.143. The number of ether oxygens (including phenoxy) is 1. The van der Waals surface area contributed by atoms with E-state index in [1.54, 1.807) is 43.6 Å². The Morgan fingerprint density at radius 1 is 1.15 bits per heavy atom. The molecule has 1 aliphatic heterocycles. The van der Waals surface area contributed by atoms with Crippen molar-refractivity contribution in [2.75, 3.05) is 6.61 Å². The van der Waals surface area contributed by atoms with Gasteiger partial charge in [-0.3, -0.25) is 4.98 Å². The molecule has 1 aromatic carbocycles. The van der Waals surface area contributed by atoms with Crippen LogP contribution in [0.2, 0.25) is 0 Å². The van der Waals surface area contributed by atoms with Gasteiger partial charge in [0, 0.05) is 23.5 Å². The molecular weight excluding hydrogens is 276 g/mol. The van der Waals surface area contributed by atoms with Crippen molar-refractivity contribution in [3.8, 4) is 11.1 Å². The molecule has 102 valence electrons. The first-order valence-electron chi connectivity index (χ1n) is 6.15. The molecule has 0 spiro atoms. The van der Waals surface area contributed by atoms with Crippen molar-refractivity contribution in [3.05, 3.63) is 48.3 Å². The second-order valence-electron chi connectivity index (χ2n) is 4.23. The topological polar surface area (TPSA) is 68.6 Å². The summed E-state index contributed by atoms with van der Waals surface area (Å²) in [6.07, 6.45) is 3.27. The van der Waals surface area contributed by atoms with Crippen LogP contribution in [0.15, 0.2) is 52.0 Å². The lowest BCUT2D eigenvalue weighted by Gasteiger charge is -2.07. The van der Waals surface area contributed by atoms with Crippen LogP contribution >= 0.6 is 0 Å². The van der Waals surface area contributed by atoms with Crippen molar-refractivity contribution in [2.45, 2.75) is 11.8 Å². The molecule has 0 saturated heterocycles. The zero-order chi connectivity index (χ0) is 14.2. The molecule has 1 aliphatic rings. The third-order valence-electron chi connectivity index (χ3n) is 2.96. The van der Waals surface area contributed by atoms with Crippen molar-refractivity contribution < 1.29 is 13.2 Å². The van der Waals surface area contributed by atoms with E-state index in [2.05, 4.69) is 9.38 Å². The number of benzene rings is 1. The number of aromatic nitrogens is 1. The molecule has 0 saturated carbocycles. The summed E-state index contributed by atoms with van der Waals surface area (Å²) in [5, 5.41) is 0. The molecule has 0 radical (unpaired) electrons. The van der Waals surface area contributed by atoms with E-state index in [0.29, 0.717) is 17.7 Å². The van der Waals surface area contributed by atoms with E-state index in [0.717, 1.165) is 5.56 Å². The fourth-order valence-corrected chi connectivity index (χ4v) is 3.54. The number of nitrogens with zero attached hydrogens (tertiary/aromatic N) is 2. The molecule has 0 atom stereocenters. The van der Waals surface area contributed by atoms with Crippen LogP contribution in [0.3, 0.4) is 0 Å². The third kappa shape index (κ3) is 1.98. The van der Waals surface area contributed by atoms with Gasteiger partial charge in [-0.2, -0.15) is 8.42 Å². The largest absolute Gasteiger partial charge is 0.477 e. The van der Waals surface area contributed by atoms with Gasteiger partial charge in [0.2, 0.25) is 5.90 Å². The Bertz CT molecular complexity index is 783. The molecule has 2 aromatic rings. The van der Waals surface area contributed by atoms with Crippen molar-refractivity contribution in [1.82, 2.24) is 4.98 Å². The van der Waals surface area contributed by atoms with Crippen LogP contribution < -0.4 is 0 Å².